The molecule has 3 heteroatoms. The minimum absolute atomic E-state index is 0.261. The van der Waals surface area contributed by atoms with Crippen LogP contribution in [0.2, 0.25) is 0 Å². The van der Waals surface area contributed by atoms with Crippen LogP contribution in [-0.2, 0) is 9.53 Å². The van der Waals surface area contributed by atoms with Crippen LogP contribution in [0.4, 0.5) is 0 Å². The molecule has 1 aliphatic heterocycles. The van der Waals surface area contributed by atoms with Crippen molar-refractivity contribution in [1.29, 1.82) is 0 Å². The van der Waals surface area contributed by atoms with Gasteiger partial charge in [0.15, 0.2) is 0 Å². The molecule has 1 heterocycles. The van der Waals surface area contributed by atoms with Crippen LogP contribution in [0.25, 0.3) is 0 Å². The largest absolute Gasteiger partial charge is 0.361 e. The van der Waals surface area contributed by atoms with Crippen LogP contribution in [0, 0.1) is 5.92 Å². The molecule has 0 aromatic carbocycles. The zero-order valence-electron chi connectivity index (χ0n) is 10.00. The molecule has 0 aromatic heterocycles. The van der Waals surface area contributed by atoms with E-state index in [2.05, 4.69) is 13.8 Å². The molecule has 3 nitrogen and oxygen atoms in total. The predicted molar refractivity (Wildman–Crippen MR) is 60.5 cm³/mol. The van der Waals surface area contributed by atoms with Crippen LogP contribution in [-0.4, -0.2) is 30.7 Å². The molecule has 1 saturated heterocycles. The van der Waals surface area contributed by atoms with E-state index >= 15 is 0 Å². The third-order valence-corrected chi connectivity index (χ3v) is 2.76. The number of amides is 1. The first kappa shape index (κ1) is 12.5. The highest BCUT2D eigenvalue weighted by atomic mass is 16.5. The van der Waals surface area contributed by atoms with Crippen LogP contribution in [0.1, 0.15) is 46.0 Å². The van der Waals surface area contributed by atoms with Crippen molar-refractivity contribution >= 4 is 5.91 Å². The molecule has 0 N–H and O–H groups in total. The summed E-state index contributed by atoms with van der Waals surface area (Å²) in [5.41, 5.74) is 0. The zero-order valence-corrected chi connectivity index (χ0v) is 10.00. The van der Waals surface area contributed by atoms with Gasteiger partial charge < -0.3 is 9.64 Å². The molecule has 0 radical (unpaired) electrons. The van der Waals surface area contributed by atoms with E-state index in [0.29, 0.717) is 19.1 Å². The van der Waals surface area contributed by atoms with Gasteiger partial charge in [0.05, 0.1) is 0 Å². The molecule has 0 aliphatic carbocycles. The van der Waals surface area contributed by atoms with Crippen LogP contribution in [0.3, 0.4) is 0 Å². The van der Waals surface area contributed by atoms with Gasteiger partial charge in [0.1, 0.15) is 6.73 Å². The Labute approximate surface area is 92.8 Å². The Morgan fingerprint density at radius 2 is 2.13 bits per heavy atom. The van der Waals surface area contributed by atoms with Crippen molar-refractivity contribution in [2.45, 2.75) is 46.0 Å². The monoisotopic (exact) mass is 213 g/mol. The van der Waals surface area contributed by atoms with Gasteiger partial charge in [-0.25, -0.2) is 0 Å². The zero-order chi connectivity index (χ0) is 11.1. The van der Waals surface area contributed by atoms with Gasteiger partial charge in [-0.1, -0.05) is 20.3 Å². The number of carbonyl (C=O) groups excluding carboxylic acids is 1. The van der Waals surface area contributed by atoms with Crippen LogP contribution in [0.5, 0.6) is 0 Å². The first-order valence-electron chi connectivity index (χ1n) is 6.05. The molecule has 1 rings (SSSR count). The Morgan fingerprint density at radius 3 is 2.87 bits per heavy atom. The number of ether oxygens (including phenoxy) is 1. The summed E-state index contributed by atoms with van der Waals surface area (Å²) in [6.45, 7) is 6.49. The van der Waals surface area contributed by atoms with Gasteiger partial charge >= 0.3 is 0 Å². The quantitative estimate of drug-likeness (QED) is 0.656. The summed E-state index contributed by atoms with van der Waals surface area (Å²) in [5, 5.41) is 0. The van der Waals surface area contributed by atoms with E-state index in [4.69, 9.17) is 4.74 Å². The fourth-order valence-electron chi connectivity index (χ4n) is 1.67. The minimum Gasteiger partial charge on any atom is -0.361 e. The topological polar surface area (TPSA) is 29.5 Å². The van der Waals surface area contributed by atoms with Crippen LogP contribution in [0.15, 0.2) is 0 Å². The van der Waals surface area contributed by atoms with Gasteiger partial charge in [0.2, 0.25) is 5.91 Å². The smallest absolute Gasteiger partial charge is 0.224 e. The second-order valence-electron chi connectivity index (χ2n) is 4.69. The van der Waals surface area contributed by atoms with E-state index in [-0.39, 0.29) is 5.91 Å². The number of carbonyl (C=O) groups is 1. The lowest BCUT2D eigenvalue weighted by Gasteiger charge is -2.20. The van der Waals surface area contributed by atoms with Crippen molar-refractivity contribution < 1.29 is 9.53 Å². The Morgan fingerprint density at radius 1 is 1.33 bits per heavy atom. The molecule has 1 fully saturated rings. The number of hydrogen-bond acceptors (Lipinski definition) is 2. The standard InChI is InChI=1S/C12H23NO2/c1-11(2)7-9-15-10-13-8-5-3-4-6-12(13)14/h11H,3-10H2,1-2H3. The van der Waals surface area contributed by atoms with Crippen LogP contribution >= 0.6 is 0 Å². The summed E-state index contributed by atoms with van der Waals surface area (Å²) in [5.74, 6) is 0.932. The molecule has 0 atom stereocenters. The van der Waals surface area contributed by atoms with E-state index in [1.54, 1.807) is 0 Å². The SMILES string of the molecule is CC(C)CCOCN1CCCCCC1=O. The molecule has 1 amide bonds. The highest BCUT2D eigenvalue weighted by molar-refractivity contribution is 5.76. The Balaban J connectivity index is 2.15. The number of nitrogens with zero attached hydrogens (tertiary/aromatic N) is 1. The normalized spacial score (nSPS) is 18.3. The van der Waals surface area contributed by atoms with Gasteiger partial charge in [0, 0.05) is 19.6 Å². The Kier molecular flexibility index (Phi) is 5.69. The lowest BCUT2D eigenvalue weighted by Crippen LogP contribution is -2.32. The Bertz CT molecular complexity index is 192. The van der Waals surface area contributed by atoms with Crippen molar-refractivity contribution in [3.63, 3.8) is 0 Å². The molecule has 0 bridgehead atoms. The summed E-state index contributed by atoms with van der Waals surface area (Å²) in [7, 11) is 0. The average molecular weight is 213 g/mol. The van der Waals surface area contributed by atoms with E-state index in [1.165, 1.54) is 6.42 Å². The van der Waals surface area contributed by atoms with Gasteiger partial charge in [-0.05, 0) is 25.2 Å². The summed E-state index contributed by atoms with van der Waals surface area (Å²) in [6.07, 6.45) is 5.12. The summed E-state index contributed by atoms with van der Waals surface area (Å²) < 4.78 is 5.52. The van der Waals surface area contributed by atoms with E-state index < -0.39 is 0 Å². The highest BCUT2D eigenvalue weighted by Gasteiger charge is 2.15. The maximum Gasteiger partial charge on any atom is 0.224 e. The van der Waals surface area contributed by atoms with Gasteiger partial charge in [-0.15, -0.1) is 0 Å². The number of rotatable bonds is 5. The van der Waals surface area contributed by atoms with Gasteiger partial charge in [-0.2, -0.15) is 0 Å². The molecular formula is C12H23NO2. The molecule has 1 aliphatic rings. The van der Waals surface area contributed by atoms with E-state index in [9.17, 15) is 4.79 Å². The molecule has 0 saturated carbocycles. The molecular weight excluding hydrogens is 190 g/mol. The van der Waals surface area contributed by atoms with Crippen molar-refractivity contribution in [1.82, 2.24) is 4.90 Å². The second-order valence-corrected chi connectivity index (χ2v) is 4.69. The van der Waals surface area contributed by atoms with E-state index in [0.717, 1.165) is 32.4 Å². The molecule has 15 heavy (non-hydrogen) atoms. The van der Waals surface area contributed by atoms with Crippen molar-refractivity contribution in [2.24, 2.45) is 5.92 Å². The maximum absolute atomic E-state index is 11.6. The third-order valence-electron chi connectivity index (χ3n) is 2.76. The van der Waals surface area contributed by atoms with Crippen LogP contribution < -0.4 is 0 Å². The number of likely N-dealkylation sites (tertiary alicyclic amines) is 1. The predicted octanol–water partition coefficient (Wildman–Crippen LogP) is 2.41. The van der Waals surface area contributed by atoms with Crippen molar-refractivity contribution in [2.75, 3.05) is 19.9 Å². The highest BCUT2D eigenvalue weighted by Crippen LogP contribution is 2.11. The lowest BCUT2D eigenvalue weighted by molar-refractivity contribution is -0.136. The van der Waals surface area contributed by atoms with Crippen molar-refractivity contribution in [3.05, 3.63) is 0 Å². The fourth-order valence-corrected chi connectivity index (χ4v) is 1.67. The summed E-state index contributed by atoms with van der Waals surface area (Å²) >= 11 is 0. The maximum atomic E-state index is 11.6. The molecule has 0 unspecified atom stereocenters. The number of hydrogen-bond donors (Lipinski definition) is 0. The Hall–Kier alpha value is -0.570. The van der Waals surface area contributed by atoms with Gasteiger partial charge in [0.25, 0.3) is 0 Å². The molecule has 0 spiro atoms. The summed E-state index contributed by atoms with van der Waals surface area (Å²) in [6, 6.07) is 0. The lowest BCUT2D eigenvalue weighted by atomic mass is 10.1. The fraction of sp³-hybridized carbons (Fsp3) is 0.917. The second kappa shape index (κ2) is 6.83. The van der Waals surface area contributed by atoms with Gasteiger partial charge in [-0.3, -0.25) is 4.79 Å². The minimum atomic E-state index is 0.261. The molecule has 0 aromatic rings. The molecule has 88 valence electrons. The average Bonchev–Trinajstić information content (AvgIpc) is 2.38. The third kappa shape index (κ3) is 5.17. The first-order valence-corrected chi connectivity index (χ1v) is 6.05. The van der Waals surface area contributed by atoms with E-state index in [1.807, 2.05) is 4.90 Å². The van der Waals surface area contributed by atoms with Crippen molar-refractivity contribution in [3.8, 4) is 0 Å². The first-order chi connectivity index (χ1) is 7.20. The summed E-state index contributed by atoms with van der Waals surface area (Å²) in [4.78, 5) is 13.4.